The quantitative estimate of drug-likeness (QED) is 0.307. The van der Waals surface area contributed by atoms with Crippen molar-refractivity contribution in [1.82, 2.24) is 10.2 Å². The van der Waals surface area contributed by atoms with E-state index in [0.29, 0.717) is 46.6 Å². The van der Waals surface area contributed by atoms with Gasteiger partial charge in [0.15, 0.2) is 0 Å². The Kier molecular flexibility index (Phi) is 12.7. The van der Waals surface area contributed by atoms with Crippen LogP contribution in [0.4, 0.5) is 5.69 Å². The van der Waals surface area contributed by atoms with Crippen molar-refractivity contribution in [3.63, 3.8) is 0 Å². The Morgan fingerprint density at radius 1 is 1.03 bits per heavy atom. The number of rotatable bonds is 15. The van der Waals surface area contributed by atoms with Crippen molar-refractivity contribution in [3.8, 4) is 5.75 Å². The molecule has 8 nitrogen and oxygen atoms in total. The number of halogens is 2. The average molecular weight is 587 g/mol. The summed E-state index contributed by atoms with van der Waals surface area (Å²) in [5.41, 5.74) is 0.962. The highest BCUT2D eigenvalue weighted by atomic mass is 35.5. The second-order valence-corrected chi connectivity index (χ2v) is 11.5. The smallest absolute Gasteiger partial charge is 0.242 e. The summed E-state index contributed by atoms with van der Waals surface area (Å²) in [5.74, 6) is -0.110. The van der Waals surface area contributed by atoms with E-state index < -0.39 is 16.1 Å². The van der Waals surface area contributed by atoms with E-state index in [1.54, 1.807) is 42.5 Å². The molecule has 2 aromatic carbocycles. The number of amides is 2. The molecule has 2 rings (SSSR count). The van der Waals surface area contributed by atoms with Crippen LogP contribution in [-0.4, -0.2) is 57.1 Å². The molecule has 0 aromatic heterocycles. The third kappa shape index (κ3) is 8.78. The van der Waals surface area contributed by atoms with Gasteiger partial charge in [-0.1, -0.05) is 55.2 Å². The number of anilines is 1. The third-order valence-electron chi connectivity index (χ3n) is 5.91. The average Bonchev–Trinajstić information content (AvgIpc) is 2.86. The van der Waals surface area contributed by atoms with Gasteiger partial charge in [-0.05, 0) is 50.5 Å². The number of sulfonamides is 1. The molecule has 0 bridgehead atoms. The van der Waals surface area contributed by atoms with E-state index in [0.717, 1.165) is 12.7 Å². The second-order valence-electron chi connectivity index (χ2n) is 8.78. The molecule has 2 aromatic rings. The first-order valence-corrected chi connectivity index (χ1v) is 15.3. The van der Waals surface area contributed by atoms with Crippen LogP contribution >= 0.6 is 23.2 Å². The SMILES string of the molecule is CCCNC(=O)[C@H](CC)N(Cc1c(Cl)cccc1Cl)C(=O)CCCN(c1ccccc1OCC)S(C)(=O)=O. The van der Waals surface area contributed by atoms with Crippen LogP contribution in [0.1, 0.15) is 52.0 Å². The minimum absolute atomic E-state index is 0.0163. The predicted molar refractivity (Wildman–Crippen MR) is 153 cm³/mol. The van der Waals surface area contributed by atoms with Crippen molar-refractivity contribution in [1.29, 1.82) is 0 Å². The molecule has 0 saturated carbocycles. The lowest BCUT2D eigenvalue weighted by molar-refractivity contribution is -0.141. The van der Waals surface area contributed by atoms with Crippen LogP contribution in [-0.2, 0) is 26.2 Å². The van der Waals surface area contributed by atoms with Gasteiger partial charge >= 0.3 is 0 Å². The number of carbonyl (C=O) groups is 2. The van der Waals surface area contributed by atoms with Gasteiger partial charge in [-0.3, -0.25) is 13.9 Å². The summed E-state index contributed by atoms with van der Waals surface area (Å²) in [4.78, 5) is 28.0. The van der Waals surface area contributed by atoms with Crippen LogP contribution in [0.2, 0.25) is 10.0 Å². The van der Waals surface area contributed by atoms with Crippen molar-refractivity contribution in [2.24, 2.45) is 0 Å². The summed E-state index contributed by atoms with van der Waals surface area (Å²) in [6.45, 7) is 6.59. The first-order chi connectivity index (χ1) is 18.0. The first kappa shape index (κ1) is 31.7. The number of nitrogens with zero attached hydrogens (tertiary/aromatic N) is 2. The number of benzene rings is 2. The van der Waals surface area contributed by atoms with Gasteiger partial charge in [0, 0.05) is 41.7 Å². The molecule has 0 unspecified atom stereocenters. The largest absolute Gasteiger partial charge is 0.492 e. The van der Waals surface area contributed by atoms with Crippen LogP contribution < -0.4 is 14.4 Å². The van der Waals surface area contributed by atoms with E-state index in [1.807, 2.05) is 20.8 Å². The molecule has 11 heteroatoms. The van der Waals surface area contributed by atoms with E-state index in [2.05, 4.69) is 5.32 Å². The number of carbonyl (C=O) groups excluding carboxylic acids is 2. The molecule has 2 amide bonds. The van der Waals surface area contributed by atoms with Gasteiger partial charge < -0.3 is 15.0 Å². The normalized spacial score (nSPS) is 12.1. The number of ether oxygens (including phenoxy) is 1. The fourth-order valence-corrected chi connectivity index (χ4v) is 5.55. The highest BCUT2D eigenvalue weighted by Crippen LogP contribution is 2.31. The molecule has 0 saturated heterocycles. The minimum atomic E-state index is -3.65. The van der Waals surface area contributed by atoms with Gasteiger partial charge in [0.2, 0.25) is 21.8 Å². The molecule has 210 valence electrons. The predicted octanol–water partition coefficient (Wildman–Crippen LogP) is 5.27. The van der Waals surface area contributed by atoms with Gasteiger partial charge in [-0.25, -0.2) is 8.42 Å². The molecular weight excluding hydrogens is 549 g/mol. The molecule has 0 aliphatic rings. The number of hydrogen-bond donors (Lipinski definition) is 1. The Balaban J connectivity index is 2.29. The standard InChI is InChI=1S/C27H37Cl2N3O5S/c1-5-17-30-27(34)23(6-2)31(19-20-21(28)12-10-13-22(20)29)26(33)16-11-18-32(38(4,35)36)24-14-8-9-15-25(24)37-7-3/h8-10,12-15,23H,5-7,11,16-19H2,1-4H3,(H,30,34)/t23-/m0/s1. The number of hydrogen-bond acceptors (Lipinski definition) is 5. The summed E-state index contributed by atoms with van der Waals surface area (Å²) < 4.78 is 32.2. The zero-order chi connectivity index (χ0) is 28.3. The summed E-state index contributed by atoms with van der Waals surface area (Å²) in [5, 5.41) is 3.66. The Bertz CT molecular complexity index is 1170. The van der Waals surface area contributed by atoms with E-state index in [-0.39, 0.29) is 37.7 Å². The van der Waals surface area contributed by atoms with Crippen LogP contribution in [0, 0.1) is 0 Å². The Labute approximate surface area is 236 Å². The van der Waals surface area contributed by atoms with Crippen molar-refractivity contribution in [3.05, 3.63) is 58.1 Å². The fourth-order valence-electron chi connectivity index (χ4n) is 4.06. The van der Waals surface area contributed by atoms with Crippen LogP contribution in [0.3, 0.4) is 0 Å². The molecule has 1 N–H and O–H groups in total. The Hall–Kier alpha value is -2.49. The molecule has 0 aliphatic carbocycles. The van der Waals surface area contributed by atoms with Crippen molar-refractivity contribution in [2.45, 2.75) is 59.0 Å². The molecule has 0 heterocycles. The zero-order valence-corrected chi connectivity index (χ0v) is 24.7. The van der Waals surface area contributed by atoms with E-state index in [9.17, 15) is 18.0 Å². The lowest BCUT2D eigenvalue weighted by Gasteiger charge is -2.31. The lowest BCUT2D eigenvalue weighted by Crippen LogP contribution is -2.49. The third-order valence-corrected chi connectivity index (χ3v) is 7.80. The summed E-state index contributed by atoms with van der Waals surface area (Å²) in [7, 11) is -3.65. The topological polar surface area (TPSA) is 96.0 Å². The van der Waals surface area contributed by atoms with Gasteiger partial charge in [0.1, 0.15) is 11.8 Å². The maximum Gasteiger partial charge on any atom is 0.242 e. The van der Waals surface area contributed by atoms with E-state index in [1.165, 1.54) is 9.21 Å². The molecule has 0 radical (unpaired) electrons. The Morgan fingerprint density at radius 2 is 1.68 bits per heavy atom. The van der Waals surface area contributed by atoms with Gasteiger partial charge in [-0.2, -0.15) is 0 Å². The summed E-state index contributed by atoms with van der Waals surface area (Å²) >= 11 is 12.8. The monoisotopic (exact) mass is 585 g/mol. The molecule has 38 heavy (non-hydrogen) atoms. The maximum atomic E-state index is 13.6. The fraction of sp³-hybridized carbons (Fsp3) is 0.481. The van der Waals surface area contributed by atoms with Crippen LogP contribution in [0.15, 0.2) is 42.5 Å². The molecular formula is C27H37Cl2N3O5S. The lowest BCUT2D eigenvalue weighted by atomic mass is 10.1. The van der Waals surface area contributed by atoms with E-state index in [4.69, 9.17) is 27.9 Å². The highest BCUT2D eigenvalue weighted by molar-refractivity contribution is 7.92. The summed E-state index contributed by atoms with van der Waals surface area (Å²) in [6.07, 6.45) is 2.51. The molecule has 1 atom stereocenters. The van der Waals surface area contributed by atoms with E-state index >= 15 is 0 Å². The minimum Gasteiger partial charge on any atom is -0.492 e. The van der Waals surface area contributed by atoms with Gasteiger partial charge in [0.05, 0.1) is 18.6 Å². The Morgan fingerprint density at radius 3 is 2.26 bits per heavy atom. The van der Waals surface area contributed by atoms with Crippen molar-refractivity contribution < 1.29 is 22.7 Å². The maximum absolute atomic E-state index is 13.6. The first-order valence-electron chi connectivity index (χ1n) is 12.7. The van der Waals surface area contributed by atoms with Crippen LogP contribution in [0.25, 0.3) is 0 Å². The molecule has 0 fully saturated rings. The molecule has 0 spiro atoms. The van der Waals surface area contributed by atoms with Crippen molar-refractivity contribution >= 4 is 50.7 Å². The number of para-hydroxylation sites is 2. The second kappa shape index (κ2) is 15.2. The van der Waals surface area contributed by atoms with Crippen LogP contribution in [0.5, 0.6) is 5.75 Å². The van der Waals surface area contributed by atoms with Gasteiger partial charge in [-0.15, -0.1) is 0 Å². The zero-order valence-electron chi connectivity index (χ0n) is 22.4. The van der Waals surface area contributed by atoms with Crippen molar-refractivity contribution in [2.75, 3.05) is 30.3 Å². The number of nitrogens with one attached hydrogen (secondary N) is 1. The summed E-state index contributed by atoms with van der Waals surface area (Å²) in [6, 6.07) is 11.2. The highest BCUT2D eigenvalue weighted by Gasteiger charge is 2.30. The van der Waals surface area contributed by atoms with Gasteiger partial charge in [0.25, 0.3) is 0 Å². The molecule has 0 aliphatic heterocycles.